The zero-order valence-electron chi connectivity index (χ0n) is 16.6. The van der Waals surface area contributed by atoms with Crippen LogP contribution in [0.4, 0.5) is 5.69 Å². The molecule has 150 valence electrons. The first kappa shape index (κ1) is 19.6. The number of carbonyl (C=O) groups excluding carboxylic acids is 2. The number of aromatic nitrogens is 1. The largest absolute Gasteiger partial charge is 0.453 e. The third kappa shape index (κ3) is 4.17. The molecule has 1 aliphatic heterocycles. The zero-order chi connectivity index (χ0) is 20.4. The van der Waals surface area contributed by atoms with Crippen LogP contribution in [0.5, 0.6) is 0 Å². The van der Waals surface area contributed by atoms with Crippen molar-refractivity contribution in [1.29, 1.82) is 0 Å². The second kappa shape index (κ2) is 8.33. The number of benzene rings is 2. The second-order valence-corrected chi connectivity index (χ2v) is 8.57. The number of carbonyl (C=O) groups is 2. The molecule has 0 unspecified atom stereocenters. The quantitative estimate of drug-likeness (QED) is 0.562. The lowest BCUT2D eigenvalue weighted by Crippen LogP contribution is -2.43. The van der Waals surface area contributed by atoms with Gasteiger partial charge in [0.2, 0.25) is 0 Å². The molecule has 3 aromatic rings. The van der Waals surface area contributed by atoms with Crippen molar-refractivity contribution in [2.45, 2.75) is 51.7 Å². The topological polar surface area (TPSA) is 59.5 Å². The summed E-state index contributed by atoms with van der Waals surface area (Å²) in [5.74, 6) is -0.505. The van der Waals surface area contributed by atoms with Gasteiger partial charge in [0.1, 0.15) is 0 Å². The molecule has 0 aliphatic carbocycles. The van der Waals surface area contributed by atoms with E-state index in [9.17, 15) is 9.59 Å². The van der Waals surface area contributed by atoms with E-state index in [0.717, 1.165) is 39.3 Å². The molecule has 2 heterocycles. The lowest BCUT2D eigenvalue weighted by Gasteiger charge is -2.25. The van der Waals surface area contributed by atoms with E-state index in [1.165, 1.54) is 0 Å². The molecule has 2 aromatic carbocycles. The van der Waals surface area contributed by atoms with Gasteiger partial charge in [0.15, 0.2) is 6.10 Å². The molecule has 1 aliphatic rings. The highest BCUT2D eigenvalue weighted by molar-refractivity contribution is 7.18. The minimum absolute atomic E-state index is 0.0695. The van der Waals surface area contributed by atoms with Gasteiger partial charge in [-0.2, -0.15) is 0 Å². The summed E-state index contributed by atoms with van der Waals surface area (Å²) in [4.78, 5) is 31.5. The van der Waals surface area contributed by atoms with Gasteiger partial charge >= 0.3 is 5.97 Å². The van der Waals surface area contributed by atoms with Crippen LogP contribution in [0.2, 0.25) is 0 Å². The molecule has 1 amide bonds. The van der Waals surface area contributed by atoms with E-state index in [1.807, 2.05) is 49.4 Å². The third-order valence-corrected chi connectivity index (χ3v) is 6.31. The molecule has 29 heavy (non-hydrogen) atoms. The van der Waals surface area contributed by atoms with Crippen molar-refractivity contribution in [2.75, 3.05) is 4.90 Å². The normalized spacial score (nSPS) is 16.6. The number of fused-ring (bicyclic) bond motifs is 2. The van der Waals surface area contributed by atoms with Gasteiger partial charge in [-0.25, -0.2) is 4.98 Å². The maximum atomic E-state index is 12.9. The Hall–Kier alpha value is -2.73. The monoisotopic (exact) mass is 408 g/mol. The number of amides is 1. The average Bonchev–Trinajstić information content (AvgIpc) is 3.26. The molecule has 0 radical (unpaired) electrons. The fraction of sp³-hybridized carbons (Fsp3) is 0.348. The Bertz CT molecular complexity index is 1010. The van der Waals surface area contributed by atoms with Crippen LogP contribution in [0.3, 0.4) is 0 Å². The van der Waals surface area contributed by atoms with Crippen LogP contribution in [0.15, 0.2) is 48.5 Å². The maximum Gasteiger partial charge on any atom is 0.306 e. The number of hydrogen-bond donors (Lipinski definition) is 0. The Kier molecular flexibility index (Phi) is 5.62. The molecule has 5 nitrogen and oxygen atoms in total. The standard InChI is InChI=1S/C23H24N2O3S/c1-15-14-17-8-3-5-10-19(17)25(15)23(27)16(2)28-22(26)13-7-12-21-24-18-9-4-6-11-20(18)29-21/h3-6,8-11,15-16H,7,12-14H2,1-2H3/t15-,16+/m1/s1. The number of aryl methyl sites for hydroxylation is 1. The number of nitrogens with zero attached hydrogens (tertiary/aromatic N) is 2. The molecule has 0 saturated carbocycles. The lowest BCUT2D eigenvalue weighted by molar-refractivity contribution is -0.154. The zero-order valence-corrected chi connectivity index (χ0v) is 17.4. The minimum Gasteiger partial charge on any atom is -0.453 e. The fourth-order valence-corrected chi connectivity index (χ4v) is 4.82. The summed E-state index contributed by atoms with van der Waals surface area (Å²) in [7, 11) is 0. The highest BCUT2D eigenvalue weighted by Gasteiger charge is 2.34. The Morgan fingerprint density at radius 3 is 2.79 bits per heavy atom. The second-order valence-electron chi connectivity index (χ2n) is 7.45. The van der Waals surface area contributed by atoms with Crippen molar-refractivity contribution < 1.29 is 14.3 Å². The van der Waals surface area contributed by atoms with Gasteiger partial charge in [-0.15, -0.1) is 11.3 Å². The van der Waals surface area contributed by atoms with Gasteiger partial charge in [-0.05, 0) is 56.9 Å². The van der Waals surface area contributed by atoms with E-state index >= 15 is 0 Å². The maximum absolute atomic E-state index is 12.9. The smallest absolute Gasteiger partial charge is 0.306 e. The first-order valence-corrected chi connectivity index (χ1v) is 10.8. The van der Waals surface area contributed by atoms with Gasteiger partial charge in [-0.1, -0.05) is 30.3 Å². The molecule has 6 heteroatoms. The van der Waals surface area contributed by atoms with Crippen molar-refractivity contribution >= 4 is 39.1 Å². The van der Waals surface area contributed by atoms with E-state index in [1.54, 1.807) is 23.2 Å². The van der Waals surface area contributed by atoms with Gasteiger partial charge in [0, 0.05) is 18.2 Å². The molecule has 0 spiro atoms. The molecular weight excluding hydrogens is 384 g/mol. The van der Waals surface area contributed by atoms with Gasteiger partial charge in [0.05, 0.1) is 15.2 Å². The molecular formula is C23H24N2O3S. The summed E-state index contributed by atoms with van der Waals surface area (Å²) >= 11 is 1.65. The number of hydrogen-bond acceptors (Lipinski definition) is 5. The van der Waals surface area contributed by atoms with Crippen molar-refractivity contribution in [1.82, 2.24) is 4.98 Å². The van der Waals surface area contributed by atoms with E-state index in [-0.39, 0.29) is 24.3 Å². The molecule has 1 aromatic heterocycles. The summed E-state index contributed by atoms with van der Waals surface area (Å²) < 4.78 is 6.59. The van der Waals surface area contributed by atoms with E-state index in [2.05, 4.69) is 11.1 Å². The number of anilines is 1. The molecule has 4 rings (SSSR count). The van der Waals surface area contributed by atoms with Gasteiger partial charge < -0.3 is 9.64 Å². The number of ether oxygens (including phenoxy) is 1. The highest BCUT2D eigenvalue weighted by atomic mass is 32.1. The number of thiazole rings is 1. The van der Waals surface area contributed by atoms with Crippen molar-refractivity contribution in [3.63, 3.8) is 0 Å². The molecule has 0 N–H and O–H groups in total. The predicted octanol–water partition coefficient (Wildman–Crippen LogP) is 4.53. The first-order valence-electron chi connectivity index (χ1n) is 9.98. The summed E-state index contributed by atoms with van der Waals surface area (Å²) in [6.07, 6.45) is 1.69. The van der Waals surface area contributed by atoms with Crippen LogP contribution < -0.4 is 4.90 Å². The molecule has 2 atom stereocenters. The van der Waals surface area contributed by atoms with E-state index < -0.39 is 6.10 Å². The van der Waals surface area contributed by atoms with Crippen LogP contribution >= 0.6 is 11.3 Å². The van der Waals surface area contributed by atoms with Gasteiger partial charge in [0.25, 0.3) is 5.91 Å². The van der Waals surface area contributed by atoms with Crippen molar-refractivity contribution in [2.24, 2.45) is 0 Å². The Morgan fingerprint density at radius 2 is 1.97 bits per heavy atom. The van der Waals surface area contributed by atoms with E-state index in [4.69, 9.17) is 4.74 Å². The number of esters is 1. The minimum atomic E-state index is -0.793. The van der Waals surface area contributed by atoms with Crippen LogP contribution in [0, 0.1) is 0 Å². The van der Waals surface area contributed by atoms with Crippen LogP contribution in [-0.4, -0.2) is 29.0 Å². The lowest BCUT2D eigenvalue weighted by atomic mass is 10.1. The number of para-hydroxylation sites is 2. The van der Waals surface area contributed by atoms with Crippen LogP contribution in [0.1, 0.15) is 37.3 Å². The Balaban J connectivity index is 1.29. The summed E-state index contributed by atoms with van der Waals surface area (Å²) in [5.41, 5.74) is 3.07. The Labute approximate surface area is 174 Å². The van der Waals surface area contributed by atoms with Crippen molar-refractivity contribution in [3.8, 4) is 0 Å². The summed E-state index contributed by atoms with van der Waals surface area (Å²) in [6, 6.07) is 16.0. The fourth-order valence-electron chi connectivity index (χ4n) is 3.81. The van der Waals surface area contributed by atoms with Crippen LogP contribution in [0.25, 0.3) is 10.2 Å². The SMILES string of the molecule is C[C@H](OC(=O)CCCc1nc2ccccc2s1)C(=O)N1c2ccccc2C[C@H]1C. The molecule has 0 saturated heterocycles. The first-order chi connectivity index (χ1) is 14.0. The molecule has 0 fully saturated rings. The van der Waals surface area contributed by atoms with Crippen LogP contribution in [-0.2, 0) is 27.2 Å². The van der Waals surface area contributed by atoms with E-state index in [0.29, 0.717) is 6.42 Å². The number of rotatable bonds is 6. The predicted molar refractivity (Wildman–Crippen MR) is 115 cm³/mol. The molecule has 0 bridgehead atoms. The summed E-state index contributed by atoms with van der Waals surface area (Å²) in [6.45, 7) is 3.67. The van der Waals surface area contributed by atoms with Crippen molar-refractivity contribution in [3.05, 3.63) is 59.1 Å². The Morgan fingerprint density at radius 1 is 1.21 bits per heavy atom. The van der Waals surface area contributed by atoms with Gasteiger partial charge in [-0.3, -0.25) is 9.59 Å². The highest BCUT2D eigenvalue weighted by Crippen LogP contribution is 2.32. The third-order valence-electron chi connectivity index (χ3n) is 5.21. The summed E-state index contributed by atoms with van der Waals surface area (Å²) in [5, 5.41) is 1.02. The average molecular weight is 409 g/mol.